The van der Waals surface area contributed by atoms with E-state index in [4.69, 9.17) is 4.18 Å². The van der Waals surface area contributed by atoms with Crippen molar-refractivity contribution in [3.8, 4) is 0 Å². The molecule has 0 aliphatic heterocycles. The Bertz CT molecular complexity index is 925. The minimum Gasteiger partial charge on any atom is -0.326 e. The molecule has 0 aliphatic carbocycles. The van der Waals surface area contributed by atoms with Crippen LogP contribution in [0.1, 0.15) is 19.8 Å². The van der Waals surface area contributed by atoms with Gasteiger partial charge in [0.2, 0.25) is 5.91 Å². The van der Waals surface area contributed by atoms with Gasteiger partial charge in [0, 0.05) is 12.6 Å². The van der Waals surface area contributed by atoms with E-state index in [1.807, 2.05) is 12.1 Å². The van der Waals surface area contributed by atoms with Crippen LogP contribution < -0.4 is 10.5 Å². The second-order valence-electron chi connectivity index (χ2n) is 7.55. The topological polar surface area (TPSA) is 72.5 Å². The summed E-state index contributed by atoms with van der Waals surface area (Å²) in [5, 5.41) is 3.96. The van der Waals surface area contributed by atoms with E-state index in [-0.39, 0.29) is 17.4 Å². The Morgan fingerprint density at radius 2 is 1.76 bits per heavy atom. The van der Waals surface area contributed by atoms with Crippen LogP contribution in [0.25, 0.3) is 0 Å². The number of rotatable bonds is 10. The van der Waals surface area contributed by atoms with Crippen molar-refractivity contribution in [1.29, 1.82) is 0 Å². The van der Waals surface area contributed by atoms with Crippen LogP contribution in [0, 0.1) is 0 Å². The van der Waals surface area contributed by atoms with Gasteiger partial charge in [-0.25, -0.2) is 0 Å². The van der Waals surface area contributed by atoms with Crippen molar-refractivity contribution >= 4 is 35.0 Å². The molecule has 0 bridgehead atoms. The smallest absolute Gasteiger partial charge is 0.296 e. The van der Waals surface area contributed by atoms with Crippen LogP contribution in [0.4, 0.5) is 5.69 Å². The number of carbonyl (C=O) groups excluding carboxylic acids is 1. The quantitative estimate of drug-likeness (QED) is 0.263. The minimum atomic E-state index is -3.83. The van der Waals surface area contributed by atoms with Gasteiger partial charge in [-0.15, -0.1) is 6.58 Å². The highest BCUT2D eigenvalue weighted by atomic mass is 32.2. The van der Waals surface area contributed by atoms with Crippen LogP contribution in [-0.4, -0.2) is 29.0 Å². The lowest BCUT2D eigenvalue weighted by atomic mass is 10.2. The first-order valence-electron chi connectivity index (χ1n) is 9.62. The van der Waals surface area contributed by atoms with E-state index in [2.05, 4.69) is 49.3 Å². The van der Waals surface area contributed by atoms with Gasteiger partial charge in [0.15, 0.2) is 0 Å². The van der Waals surface area contributed by atoms with Gasteiger partial charge in [0.05, 0.1) is 19.6 Å². The molecule has 0 aliphatic rings. The summed E-state index contributed by atoms with van der Waals surface area (Å²) >= 11 is 0. The summed E-state index contributed by atoms with van der Waals surface area (Å²) in [6, 6.07) is 16.4. The lowest BCUT2D eigenvalue weighted by Gasteiger charge is -2.31. The third-order valence-electron chi connectivity index (χ3n) is 5.09. The van der Waals surface area contributed by atoms with Crippen LogP contribution in [0.15, 0.2) is 72.1 Å². The highest BCUT2D eigenvalue weighted by Gasteiger charge is 2.31. The zero-order chi connectivity index (χ0) is 21.5. The predicted octanol–water partition coefficient (Wildman–Crippen LogP) is 4.30. The SMILES string of the molecule is C=CC(CCCOS(=O)(=O)c1ccc(NC(C)=O)cc1)[Si](C)(C)c1ccccc1. The van der Waals surface area contributed by atoms with Crippen LogP contribution >= 0.6 is 0 Å². The van der Waals surface area contributed by atoms with Crippen LogP contribution in [0.5, 0.6) is 0 Å². The van der Waals surface area contributed by atoms with Gasteiger partial charge in [-0.05, 0) is 42.6 Å². The van der Waals surface area contributed by atoms with Gasteiger partial charge in [-0.3, -0.25) is 8.98 Å². The fourth-order valence-corrected chi connectivity index (χ4v) is 7.24. The minimum absolute atomic E-state index is 0.0749. The van der Waals surface area contributed by atoms with Crippen molar-refractivity contribution in [2.24, 2.45) is 0 Å². The summed E-state index contributed by atoms with van der Waals surface area (Å²) in [4.78, 5) is 11.1. The molecule has 0 saturated carbocycles. The lowest BCUT2D eigenvalue weighted by Crippen LogP contribution is -2.45. The maximum Gasteiger partial charge on any atom is 0.296 e. The van der Waals surface area contributed by atoms with E-state index in [1.54, 1.807) is 12.1 Å². The molecular weight excluding hydrogens is 402 g/mol. The van der Waals surface area contributed by atoms with Gasteiger partial charge in [0.1, 0.15) is 0 Å². The summed E-state index contributed by atoms with van der Waals surface area (Å²) in [5.74, 6) is -0.212. The van der Waals surface area contributed by atoms with Gasteiger partial charge in [-0.2, -0.15) is 8.42 Å². The van der Waals surface area contributed by atoms with Crippen LogP contribution in [-0.2, 0) is 19.1 Å². The average molecular weight is 432 g/mol. The summed E-state index contributed by atoms with van der Waals surface area (Å²) < 4.78 is 30.0. The number of nitrogens with one attached hydrogen (secondary N) is 1. The van der Waals surface area contributed by atoms with E-state index >= 15 is 0 Å². The molecule has 0 aromatic heterocycles. The Hall–Kier alpha value is -2.22. The van der Waals surface area contributed by atoms with Crippen molar-refractivity contribution in [3.63, 3.8) is 0 Å². The Kier molecular flexibility index (Phi) is 7.95. The molecule has 1 unspecified atom stereocenters. The first-order chi connectivity index (χ1) is 13.7. The molecule has 156 valence electrons. The van der Waals surface area contributed by atoms with Gasteiger partial charge in [0.25, 0.3) is 10.1 Å². The molecule has 29 heavy (non-hydrogen) atoms. The average Bonchev–Trinajstić information content (AvgIpc) is 2.68. The monoisotopic (exact) mass is 431 g/mol. The third kappa shape index (κ3) is 6.38. The van der Waals surface area contributed by atoms with E-state index in [0.717, 1.165) is 6.42 Å². The second-order valence-corrected chi connectivity index (χ2v) is 13.9. The molecule has 0 radical (unpaired) electrons. The molecule has 0 heterocycles. The molecule has 2 aromatic rings. The Labute approximate surface area is 174 Å². The van der Waals surface area contributed by atoms with Gasteiger partial charge in [-0.1, -0.05) is 54.7 Å². The van der Waals surface area contributed by atoms with E-state index in [1.165, 1.54) is 24.2 Å². The fourth-order valence-electron chi connectivity index (χ4n) is 3.30. The zero-order valence-electron chi connectivity index (χ0n) is 17.2. The maximum atomic E-state index is 12.4. The molecule has 0 saturated heterocycles. The first kappa shape index (κ1) is 23.1. The van der Waals surface area contributed by atoms with Gasteiger partial charge < -0.3 is 5.32 Å². The van der Waals surface area contributed by atoms with E-state index in [0.29, 0.717) is 17.6 Å². The molecule has 2 rings (SSSR count). The number of hydrogen-bond donors (Lipinski definition) is 1. The largest absolute Gasteiger partial charge is 0.326 e. The number of allylic oxidation sites excluding steroid dienone is 1. The number of carbonyl (C=O) groups is 1. The Morgan fingerprint density at radius 3 is 2.31 bits per heavy atom. The third-order valence-corrected chi connectivity index (χ3v) is 10.6. The molecule has 0 fully saturated rings. The summed E-state index contributed by atoms with van der Waals surface area (Å²) in [7, 11) is -5.57. The van der Waals surface area contributed by atoms with Crippen molar-refractivity contribution in [2.45, 2.75) is 43.3 Å². The van der Waals surface area contributed by atoms with Crippen molar-refractivity contribution in [2.75, 3.05) is 11.9 Å². The Balaban J connectivity index is 1.92. The van der Waals surface area contributed by atoms with Crippen molar-refractivity contribution < 1.29 is 17.4 Å². The molecule has 0 spiro atoms. The highest BCUT2D eigenvalue weighted by molar-refractivity contribution is 7.86. The standard InChI is InChI=1S/C22H29NO4SSi/c1-5-21(29(3,4)22-10-7-6-8-11-22)12-9-17-27-28(25,26)20-15-13-19(14-16-20)23-18(2)24/h5-8,10-11,13-16,21H,1,9,12,17H2,2-4H3,(H,23,24). The molecule has 1 amide bonds. The summed E-state index contributed by atoms with van der Waals surface area (Å²) in [5.41, 5.74) is 0.867. The number of amides is 1. The molecule has 1 N–H and O–H groups in total. The molecule has 5 nitrogen and oxygen atoms in total. The van der Waals surface area contributed by atoms with E-state index in [9.17, 15) is 13.2 Å². The zero-order valence-corrected chi connectivity index (χ0v) is 19.0. The maximum absolute atomic E-state index is 12.4. The van der Waals surface area contributed by atoms with Gasteiger partial charge >= 0.3 is 0 Å². The molecule has 1 atom stereocenters. The van der Waals surface area contributed by atoms with Crippen molar-refractivity contribution in [3.05, 3.63) is 67.3 Å². The van der Waals surface area contributed by atoms with Crippen LogP contribution in [0.3, 0.4) is 0 Å². The molecule has 2 aromatic carbocycles. The lowest BCUT2D eigenvalue weighted by molar-refractivity contribution is -0.114. The summed E-state index contributed by atoms with van der Waals surface area (Å²) in [6.45, 7) is 10.1. The van der Waals surface area contributed by atoms with Crippen molar-refractivity contribution in [1.82, 2.24) is 0 Å². The molecule has 7 heteroatoms. The predicted molar refractivity (Wildman–Crippen MR) is 121 cm³/mol. The number of anilines is 1. The normalized spacial score (nSPS) is 12.9. The highest BCUT2D eigenvalue weighted by Crippen LogP contribution is 2.28. The fraction of sp³-hybridized carbons (Fsp3) is 0.318. The number of hydrogen-bond acceptors (Lipinski definition) is 4. The Morgan fingerprint density at radius 1 is 1.14 bits per heavy atom. The van der Waals surface area contributed by atoms with E-state index < -0.39 is 18.2 Å². The number of benzene rings is 2. The summed E-state index contributed by atoms with van der Waals surface area (Å²) in [6.07, 6.45) is 3.45. The van der Waals surface area contributed by atoms with Crippen LogP contribution in [0.2, 0.25) is 18.6 Å². The first-order valence-corrected chi connectivity index (χ1v) is 14.1. The second kappa shape index (κ2) is 10.0. The molecular formula is C22H29NO4SSi.